The number of aryl methyl sites for hydroxylation is 1. The van der Waals surface area contributed by atoms with Crippen molar-refractivity contribution < 1.29 is 4.74 Å². The maximum absolute atomic E-state index is 5.43. The number of ether oxygens (including phenoxy) is 1. The molecule has 0 atom stereocenters. The van der Waals surface area contributed by atoms with Crippen molar-refractivity contribution in [3.05, 3.63) is 71.9 Å². The number of pyridine rings is 1. The topological polar surface area (TPSA) is 56.1 Å². The highest BCUT2D eigenvalue weighted by molar-refractivity contribution is 5.85. The van der Waals surface area contributed by atoms with Crippen LogP contribution in [0.1, 0.15) is 16.8 Å². The molecule has 0 radical (unpaired) electrons. The number of aromatic nitrogens is 4. The van der Waals surface area contributed by atoms with Gasteiger partial charge in [0.1, 0.15) is 5.75 Å². The molecule has 4 heterocycles. The number of fused-ring (bicyclic) bond motifs is 2. The minimum Gasteiger partial charge on any atom is -0.497 e. The summed E-state index contributed by atoms with van der Waals surface area (Å²) >= 11 is 0. The van der Waals surface area contributed by atoms with Gasteiger partial charge in [-0.1, -0.05) is 0 Å². The van der Waals surface area contributed by atoms with Crippen molar-refractivity contribution >= 4 is 10.9 Å². The smallest absolute Gasteiger partial charge is 0.160 e. The summed E-state index contributed by atoms with van der Waals surface area (Å²) in [6.07, 6.45) is 8.71. The zero-order valence-electron chi connectivity index (χ0n) is 16.7. The van der Waals surface area contributed by atoms with Crippen LogP contribution in [0.25, 0.3) is 22.3 Å². The van der Waals surface area contributed by atoms with Gasteiger partial charge in [0.25, 0.3) is 0 Å². The first-order valence-corrected chi connectivity index (χ1v) is 9.81. The molecular formula is C23H23N5O. The zero-order chi connectivity index (χ0) is 19.8. The molecule has 6 nitrogen and oxygen atoms in total. The fourth-order valence-electron chi connectivity index (χ4n) is 4.09. The minimum absolute atomic E-state index is 0.756. The molecule has 0 fully saturated rings. The van der Waals surface area contributed by atoms with Gasteiger partial charge in [-0.2, -0.15) is 0 Å². The van der Waals surface area contributed by atoms with Crippen LogP contribution >= 0.6 is 0 Å². The third kappa shape index (κ3) is 3.36. The maximum Gasteiger partial charge on any atom is 0.160 e. The van der Waals surface area contributed by atoms with E-state index in [0.29, 0.717) is 0 Å². The summed E-state index contributed by atoms with van der Waals surface area (Å²) in [5, 5.41) is 1.25. The van der Waals surface area contributed by atoms with Gasteiger partial charge < -0.3 is 9.30 Å². The largest absolute Gasteiger partial charge is 0.497 e. The van der Waals surface area contributed by atoms with Crippen LogP contribution in [0.3, 0.4) is 0 Å². The van der Waals surface area contributed by atoms with Crippen molar-refractivity contribution in [2.45, 2.75) is 19.5 Å². The van der Waals surface area contributed by atoms with Gasteiger partial charge in [-0.05, 0) is 35.9 Å². The summed E-state index contributed by atoms with van der Waals surface area (Å²) in [6.45, 7) is 2.74. The van der Waals surface area contributed by atoms with E-state index in [-0.39, 0.29) is 0 Å². The SMILES string of the molecule is COc1ccc2c(c1)c(CN1CCc3nc(-c4cccnc4)ncc3C1)cn2C. The Hall–Kier alpha value is -3.25. The summed E-state index contributed by atoms with van der Waals surface area (Å²) in [5.74, 6) is 1.65. The third-order valence-electron chi connectivity index (χ3n) is 5.61. The number of hydrogen-bond acceptors (Lipinski definition) is 5. The summed E-state index contributed by atoms with van der Waals surface area (Å²) in [6, 6.07) is 10.2. The highest BCUT2D eigenvalue weighted by Crippen LogP contribution is 2.28. The summed E-state index contributed by atoms with van der Waals surface area (Å²) in [7, 11) is 3.81. The fourth-order valence-corrected chi connectivity index (χ4v) is 4.09. The minimum atomic E-state index is 0.756. The molecule has 1 aromatic carbocycles. The predicted molar refractivity (Wildman–Crippen MR) is 113 cm³/mol. The molecule has 0 saturated carbocycles. The molecule has 0 bridgehead atoms. The Kier molecular flexibility index (Phi) is 4.48. The molecule has 0 aliphatic carbocycles. The van der Waals surface area contributed by atoms with E-state index < -0.39 is 0 Å². The van der Waals surface area contributed by atoms with Crippen LogP contribution in [0.4, 0.5) is 0 Å². The average Bonchev–Trinajstić information content (AvgIpc) is 3.08. The summed E-state index contributed by atoms with van der Waals surface area (Å²) < 4.78 is 7.61. The Morgan fingerprint density at radius 2 is 2.10 bits per heavy atom. The van der Waals surface area contributed by atoms with E-state index in [0.717, 1.165) is 48.9 Å². The first-order chi connectivity index (χ1) is 14.2. The van der Waals surface area contributed by atoms with Crippen molar-refractivity contribution in [1.82, 2.24) is 24.4 Å². The number of methoxy groups -OCH3 is 1. The standard InChI is InChI=1S/C23H23N5O/c1-27-13-18(20-10-19(29-2)5-6-22(20)27)15-28-9-7-21-17(14-28)12-25-23(26-21)16-4-3-8-24-11-16/h3-6,8,10-13H,7,9,14-15H2,1-2H3. The molecule has 1 aliphatic heterocycles. The molecular weight excluding hydrogens is 362 g/mol. The Morgan fingerprint density at radius 1 is 1.17 bits per heavy atom. The van der Waals surface area contributed by atoms with E-state index in [2.05, 4.69) is 44.8 Å². The molecule has 146 valence electrons. The number of benzene rings is 1. The normalized spacial score (nSPS) is 14.1. The van der Waals surface area contributed by atoms with E-state index in [1.165, 1.54) is 22.0 Å². The molecule has 4 aromatic rings. The molecule has 0 spiro atoms. The Morgan fingerprint density at radius 3 is 2.93 bits per heavy atom. The van der Waals surface area contributed by atoms with E-state index in [1.54, 1.807) is 13.3 Å². The molecule has 29 heavy (non-hydrogen) atoms. The third-order valence-corrected chi connectivity index (χ3v) is 5.61. The highest BCUT2D eigenvalue weighted by Gasteiger charge is 2.20. The van der Waals surface area contributed by atoms with Crippen molar-refractivity contribution in [2.24, 2.45) is 7.05 Å². The highest BCUT2D eigenvalue weighted by atomic mass is 16.5. The second-order valence-corrected chi connectivity index (χ2v) is 7.52. The van der Waals surface area contributed by atoms with Crippen LogP contribution in [0.15, 0.2) is 55.1 Å². The van der Waals surface area contributed by atoms with E-state index >= 15 is 0 Å². The summed E-state index contributed by atoms with van der Waals surface area (Å²) in [5.41, 5.74) is 5.86. The first-order valence-electron chi connectivity index (χ1n) is 9.81. The van der Waals surface area contributed by atoms with Crippen LogP contribution in [-0.4, -0.2) is 38.1 Å². The van der Waals surface area contributed by atoms with E-state index in [1.807, 2.05) is 30.6 Å². The lowest BCUT2D eigenvalue weighted by Gasteiger charge is -2.27. The van der Waals surface area contributed by atoms with Crippen LogP contribution < -0.4 is 4.74 Å². The van der Waals surface area contributed by atoms with Gasteiger partial charge in [-0.15, -0.1) is 0 Å². The number of hydrogen-bond donors (Lipinski definition) is 0. The lowest BCUT2D eigenvalue weighted by atomic mass is 10.1. The van der Waals surface area contributed by atoms with Gasteiger partial charge in [0.15, 0.2) is 5.82 Å². The Labute approximate surface area is 169 Å². The predicted octanol–water partition coefficient (Wildman–Crippen LogP) is 3.60. The maximum atomic E-state index is 5.43. The van der Waals surface area contributed by atoms with Gasteiger partial charge in [0, 0.05) is 79.9 Å². The Bertz CT molecular complexity index is 1170. The van der Waals surface area contributed by atoms with Crippen molar-refractivity contribution in [3.8, 4) is 17.1 Å². The second kappa shape index (κ2) is 7.29. The molecule has 0 unspecified atom stereocenters. The molecule has 0 N–H and O–H groups in total. The zero-order valence-corrected chi connectivity index (χ0v) is 16.7. The first kappa shape index (κ1) is 17.8. The van der Waals surface area contributed by atoms with Gasteiger partial charge in [0.05, 0.1) is 12.8 Å². The van der Waals surface area contributed by atoms with Crippen LogP contribution in [0.5, 0.6) is 5.75 Å². The molecule has 0 amide bonds. The fraction of sp³-hybridized carbons (Fsp3) is 0.261. The van der Waals surface area contributed by atoms with E-state index in [4.69, 9.17) is 9.72 Å². The molecule has 5 rings (SSSR count). The van der Waals surface area contributed by atoms with Crippen molar-refractivity contribution in [3.63, 3.8) is 0 Å². The second-order valence-electron chi connectivity index (χ2n) is 7.52. The average molecular weight is 385 g/mol. The molecule has 0 saturated heterocycles. The van der Waals surface area contributed by atoms with Crippen molar-refractivity contribution in [2.75, 3.05) is 13.7 Å². The number of nitrogens with zero attached hydrogens (tertiary/aromatic N) is 5. The molecule has 3 aromatic heterocycles. The lowest BCUT2D eigenvalue weighted by Crippen LogP contribution is -2.30. The number of rotatable bonds is 4. The van der Waals surface area contributed by atoms with Crippen molar-refractivity contribution in [1.29, 1.82) is 0 Å². The molecule has 1 aliphatic rings. The monoisotopic (exact) mass is 385 g/mol. The summed E-state index contributed by atoms with van der Waals surface area (Å²) in [4.78, 5) is 16.0. The molecule has 6 heteroatoms. The van der Waals surface area contributed by atoms with Gasteiger partial charge in [0.2, 0.25) is 0 Å². The quantitative estimate of drug-likeness (QED) is 0.537. The van der Waals surface area contributed by atoms with Crippen LogP contribution in [0, 0.1) is 0 Å². The van der Waals surface area contributed by atoms with Gasteiger partial charge in [-0.3, -0.25) is 9.88 Å². The van der Waals surface area contributed by atoms with E-state index in [9.17, 15) is 0 Å². The van der Waals surface area contributed by atoms with Gasteiger partial charge >= 0.3 is 0 Å². The van der Waals surface area contributed by atoms with Gasteiger partial charge in [-0.25, -0.2) is 9.97 Å². The lowest BCUT2D eigenvalue weighted by molar-refractivity contribution is 0.243. The van der Waals surface area contributed by atoms with Crippen LogP contribution in [0.2, 0.25) is 0 Å². The Balaban J connectivity index is 1.38. The van der Waals surface area contributed by atoms with Crippen LogP contribution in [-0.2, 0) is 26.6 Å².